The fraction of sp³-hybridized carbons (Fsp3) is 0.421. The number of carbonyl (C=O) groups excluding carboxylic acids is 2. The maximum Gasteiger partial charge on any atom is 0.308 e. The van der Waals surface area contributed by atoms with Crippen molar-refractivity contribution in [2.24, 2.45) is 5.92 Å². The molecule has 1 aliphatic rings. The van der Waals surface area contributed by atoms with Gasteiger partial charge in [0.1, 0.15) is 5.69 Å². The lowest BCUT2D eigenvalue weighted by molar-refractivity contribution is -0.147. The number of nitrogens with one attached hydrogen (secondary N) is 1. The van der Waals surface area contributed by atoms with Gasteiger partial charge in [-0.2, -0.15) is 0 Å². The Morgan fingerprint density at radius 1 is 1.27 bits per heavy atom. The predicted molar refractivity (Wildman–Crippen MR) is 96.5 cm³/mol. The first kappa shape index (κ1) is 18.1. The van der Waals surface area contributed by atoms with E-state index in [1.165, 1.54) is 12.7 Å². The van der Waals surface area contributed by atoms with Crippen LogP contribution in [0.5, 0.6) is 0 Å². The van der Waals surface area contributed by atoms with E-state index in [1.54, 1.807) is 6.07 Å². The van der Waals surface area contributed by atoms with Crippen molar-refractivity contribution in [1.82, 2.24) is 10.1 Å². The van der Waals surface area contributed by atoms with E-state index in [4.69, 9.17) is 9.26 Å². The topological polar surface area (TPSA) is 84.7 Å². The molecule has 0 radical (unpaired) electrons. The minimum absolute atomic E-state index is 0.0642. The lowest BCUT2D eigenvalue weighted by atomic mass is 9.97. The number of ether oxygens (including phenoxy) is 1. The molecule has 0 bridgehead atoms. The summed E-state index contributed by atoms with van der Waals surface area (Å²) >= 11 is 0. The van der Waals surface area contributed by atoms with E-state index in [0.29, 0.717) is 37.5 Å². The largest absolute Gasteiger partial charge is 0.469 e. The molecule has 0 atom stereocenters. The summed E-state index contributed by atoms with van der Waals surface area (Å²) in [4.78, 5) is 25.8. The van der Waals surface area contributed by atoms with Crippen molar-refractivity contribution in [3.8, 4) is 11.3 Å². The quantitative estimate of drug-likeness (QED) is 0.828. The molecule has 0 unspecified atom stereocenters. The van der Waals surface area contributed by atoms with Crippen molar-refractivity contribution in [2.45, 2.75) is 19.8 Å². The zero-order valence-corrected chi connectivity index (χ0v) is 15.0. The molecule has 3 rings (SSSR count). The van der Waals surface area contributed by atoms with Gasteiger partial charge in [-0.3, -0.25) is 19.8 Å². The van der Waals surface area contributed by atoms with E-state index >= 15 is 0 Å². The van der Waals surface area contributed by atoms with Gasteiger partial charge in [0.05, 0.1) is 19.6 Å². The molecular formula is C19H23N3O4. The van der Waals surface area contributed by atoms with Crippen LogP contribution in [0.2, 0.25) is 0 Å². The van der Waals surface area contributed by atoms with Gasteiger partial charge in [-0.15, -0.1) is 0 Å². The highest BCUT2D eigenvalue weighted by molar-refractivity contribution is 5.91. The summed E-state index contributed by atoms with van der Waals surface area (Å²) in [5.41, 5.74) is 2.78. The van der Waals surface area contributed by atoms with E-state index in [2.05, 4.69) is 10.5 Å². The Labute approximate surface area is 152 Å². The second-order valence-corrected chi connectivity index (χ2v) is 6.56. The fourth-order valence-corrected chi connectivity index (χ4v) is 3.07. The average molecular weight is 357 g/mol. The zero-order valence-electron chi connectivity index (χ0n) is 15.0. The number of rotatable bonds is 5. The van der Waals surface area contributed by atoms with Crippen molar-refractivity contribution in [3.05, 3.63) is 35.9 Å². The molecule has 7 nitrogen and oxygen atoms in total. The van der Waals surface area contributed by atoms with Crippen LogP contribution in [0.25, 0.3) is 11.3 Å². The van der Waals surface area contributed by atoms with Crippen molar-refractivity contribution in [1.29, 1.82) is 0 Å². The molecule has 1 fully saturated rings. The van der Waals surface area contributed by atoms with Crippen LogP contribution in [-0.2, 0) is 14.3 Å². The summed E-state index contributed by atoms with van der Waals surface area (Å²) in [5, 5.41) is 6.73. The number of piperidine rings is 1. The highest BCUT2D eigenvalue weighted by Crippen LogP contribution is 2.22. The van der Waals surface area contributed by atoms with Gasteiger partial charge in [0.15, 0.2) is 0 Å². The van der Waals surface area contributed by atoms with Gasteiger partial charge in [0, 0.05) is 11.6 Å². The molecule has 1 saturated heterocycles. The first-order valence-corrected chi connectivity index (χ1v) is 8.69. The number of esters is 1. The van der Waals surface area contributed by atoms with Crippen LogP contribution in [0, 0.1) is 12.8 Å². The molecule has 1 amide bonds. The number of anilines is 1. The maximum atomic E-state index is 12.2. The van der Waals surface area contributed by atoms with Gasteiger partial charge >= 0.3 is 5.97 Å². The Kier molecular flexibility index (Phi) is 5.68. The number of benzene rings is 1. The minimum Gasteiger partial charge on any atom is -0.469 e. The molecule has 26 heavy (non-hydrogen) atoms. The van der Waals surface area contributed by atoms with Crippen molar-refractivity contribution < 1.29 is 18.8 Å². The molecule has 1 aromatic carbocycles. The van der Waals surface area contributed by atoms with Gasteiger partial charge in [-0.25, -0.2) is 0 Å². The summed E-state index contributed by atoms with van der Waals surface area (Å²) < 4.78 is 9.98. The van der Waals surface area contributed by atoms with Gasteiger partial charge in [-0.05, 0) is 32.9 Å². The Morgan fingerprint density at radius 3 is 2.62 bits per heavy atom. The number of aromatic nitrogens is 1. The number of methoxy groups -OCH3 is 1. The summed E-state index contributed by atoms with van der Waals surface area (Å²) in [6.45, 7) is 3.66. The van der Waals surface area contributed by atoms with Crippen LogP contribution in [0.1, 0.15) is 18.4 Å². The number of hydrogen-bond acceptors (Lipinski definition) is 6. The lowest BCUT2D eigenvalue weighted by Crippen LogP contribution is -2.40. The molecular weight excluding hydrogens is 334 g/mol. The predicted octanol–water partition coefficient (Wildman–Crippen LogP) is 2.47. The normalized spacial score (nSPS) is 15.6. The maximum absolute atomic E-state index is 12.2. The van der Waals surface area contributed by atoms with Crippen molar-refractivity contribution >= 4 is 17.8 Å². The molecule has 138 valence electrons. The molecule has 1 aliphatic heterocycles. The van der Waals surface area contributed by atoms with E-state index < -0.39 is 0 Å². The van der Waals surface area contributed by atoms with Crippen LogP contribution in [0.15, 0.2) is 34.9 Å². The van der Waals surface area contributed by atoms with E-state index in [9.17, 15) is 9.59 Å². The third-order valence-electron chi connectivity index (χ3n) is 4.61. The molecule has 2 heterocycles. The van der Waals surface area contributed by atoms with Gasteiger partial charge in [-0.1, -0.05) is 35.0 Å². The molecule has 1 aromatic heterocycles. The molecule has 0 spiro atoms. The Bertz CT molecular complexity index is 761. The van der Waals surface area contributed by atoms with Crippen LogP contribution in [0.3, 0.4) is 0 Å². The monoisotopic (exact) mass is 357 g/mol. The number of aryl methyl sites for hydroxylation is 1. The molecule has 2 aromatic rings. The summed E-state index contributed by atoms with van der Waals surface area (Å²) in [6, 6.07) is 9.64. The molecule has 0 aliphatic carbocycles. The highest BCUT2D eigenvalue weighted by atomic mass is 16.5. The summed E-state index contributed by atoms with van der Waals surface area (Å²) in [5.74, 6) is -0.0619. The fourth-order valence-electron chi connectivity index (χ4n) is 3.07. The number of hydrogen-bond donors (Lipinski definition) is 1. The van der Waals surface area contributed by atoms with Gasteiger partial charge in [0.25, 0.3) is 0 Å². The molecule has 0 saturated carbocycles. The lowest BCUT2D eigenvalue weighted by Gasteiger charge is -2.29. The second kappa shape index (κ2) is 8.14. The summed E-state index contributed by atoms with van der Waals surface area (Å²) in [7, 11) is 1.41. The van der Waals surface area contributed by atoms with Crippen molar-refractivity contribution in [3.63, 3.8) is 0 Å². The molecule has 7 heteroatoms. The van der Waals surface area contributed by atoms with Crippen LogP contribution >= 0.6 is 0 Å². The zero-order chi connectivity index (χ0) is 18.5. The smallest absolute Gasteiger partial charge is 0.308 e. The second-order valence-electron chi connectivity index (χ2n) is 6.56. The van der Waals surface area contributed by atoms with Crippen molar-refractivity contribution in [2.75, 3.05) is 32.1 Å². The Balaban J connectivity index is 1.50. The first-order valence-electron chi connectivity index (χ1n) is 8.69. The van der Waals surface area contributed by atoms with E-state index in [1.807, 2.05) is 36.1 Å². The Morgan fingerprint density at radius 2 is 1.96 bits per heavy atom. The summed E-state index contributed by atoms with van der Waals surface area (Å²) in [6.07, 6.45) is 1.42. The minimum atomic E-state index is -0.167. The number of likely N-dealkylation sites (tertiary alicyclic amines) is 1. The number of carbonyl (C=O) groups is 2. The average Bonchev–Trinajstić information content (AvgIpc) is 3.10. The third kappa shape index (κ3) is 4.49. The van der Waals surface area contributed by atoms with Gasteiger partial charge < -0.3 is 9.26 Å². The first-order chi connectivity index (χ1) is 12.5. The van der Waals surface area contributed by atoms with Crippen LogP contribution < -0.4 is 5.32 Å². The van der Waals surface area contributed by atoms with Gasteiger partial charge in [0.2, 0.25) is 11.8 Å². The Hall–Kier alpha value is -2.67. The highest BCUT2D eigenvalue weighted by Gasteiger charge is 2.26. The molecule has 1 N–H and O–H groups in total. The third-order valence-corrected chi connectivity index (χ3v) is 4.61. The van der Waals surface area contributed by atoms with E-state index in [0.717, 1.165) is 5.56 Å². The SMILES string of the molecule is COC(=O)C1CCN(CC(=O)Nc2cc(-c3ccc(C)cc3)no2)CC1. The number of nitrogens with zero attached hydrogens (tertiary/aromatic N) is 2. The van der Waals surface area contributed by atoms with E-state index in [-0.39, 0.29) is 24.3 Å². The number of amides is 1. The van der Waals surface area contributed by atoms with Crippen LogP contribution in [0.4, 0.5) is 5.88 Å². The van der Waals surface area contributed by atoms with Crippen LogP contribution in [-0.4, -0.2) is 48.7 Å². The standard InChI is InChI=1S/C19H23N3O4/c1-13-3-5-14(6-4-13)16-11-18(26-21-16)20-17(23)12-22-9-7-15(8-10-22)19(24)25-2/h3-6,11,15H,7-10,12H2,1-2H3,(H,20,23).